The lowest BCUT2D eigenvalue weighted by atomic mass is 10.4. The number of unbranched alkanes of at least 4 members (excludes halogenated alkanes) is 1. The standard InChI is InChI=1S/C8H14O2/c1-3-5-7-10-8(9)6-4-2/h4,6H,3,5,7H2,1-2H3/b6-4-. The smallest absolute Gasteiger partial charge is 0.330 e. The highest BCUT2D eigenvalue weighted by atomic mass is 16.5. The predicted octanol–water partition coefficient (Wildman–Crippen LogP) is 1.91. The van der Waals surface area contributed by atoms with Gasteiger partial charge >= 0.3 is 5.97 Å². The Morgan fingerprint density at radius 3 is 2.80 bits per heavy atom. The Morgan fingerprint density at radius 2 is 2.30 bits per heavy atom. The molecule has 0 aromatic carbocycles. The fourth-order valence-electron chi connectivity index (χ4n) is 0.501. The van der Waals surface area contributed by atoms with Crippen LogP contribution in [-0.4, -0.2) is 12.6 Å². The minimum Gasteiger partial charge on any atom is -0.463 e. The molecule has 0 spiro atoms. The summed E-state index contributed by atoms with van der Waals surface area (Å²) in [4.78, 5) is 10.6. The van der Waals surface area contributed by atoms with Crippen molar-refractivity contribution >= 4 is 5.97 Å². The summed E-state index contributed by atoms with van der Waals surface area (Å²) in [7, 11) is 0. The van der Waals surface area contributed by atoms with Crippen molar-refractivity contribution in [2.45, 2.75) is 26.7 Å². The molecule has 0 atom stereocenters. The third kappa shape index (κ3) is 5.35. The van der Waals surface area contributed by atoms with E-state index in [0.717, 1.165) is 12.8 Å². The average Bonchev–Trinajstić information content (AvgIpc) is 1.89. The summed E-state index contributed by atoms with van der Waals surface area (Å²) in [5.41, 5.74) is 0. The van der Waals surface area contributed by atoms with Crippen molar-refractivity contribution in [2.75, 3.05) is 6.61 Å². The third-order valence-corrected chi connectivity index (χ3v) is 1.04. The topological polar surface area (TPSA) is 26.3 Å². The Morgan fingerprint density at radius 1 is 1.60 bits per heavy atom. The number of hydrogen-bond donors (Lipinski definition) is 0. The number of carbonyl (C=O) groups is 1. The van der Waals surface area contributed by atoms with Gasteiger partial charge in [-0.15, -0.1) is 0 Å². The van der Waals surface area contributed by atoms with Crippen molar-refractivity contribution < 1.29 is 9.53 Å². The van der Waals surface area contributed by atoms with Crippen LogP contribution >= 0.6 is 0 Å². The summed E-state index contributed by atoms with van der Waals surface area (Å²) in [5.74, 6) is -0.240. The van der Waals surface area contributed by atoms with Crippen molar-refractivity contribution in [3.63, 3.8) is 0 Å². The second-order valence-electron chi connectivity index (χ2n) is 2.02. The lowest BCUT2D eigenvalue weighted by Gasteiger charge is -1.97. The fourth-order valence-corrected chi connectivity index (χ4v) is 0.501. The predicted molar refractivity (Wildman–Crippen MR) is 40.7 cm³/mol. The van der Waals surface area contributed by atoms with Crippen LogP contribution in [0.15, 0.2) is 12.2 Å². The van der Waals surface area contributed by atoms with Crippen molar-refractivity contribution in [3.8, 4) is 0 Å². The molecule has 0 aliphatic heterocycles. The van der Waals surface area contributed by atoms with E-state index in [0.29, 0.717) is 6.61 Å². The Bertz CT molecular complexity index is 116. The first-order valence-corrected chi connectivity index (χ1v) is 3.60. The zero-order chi connectivity index (χ0) is 7.82. The van der Waals surface area contributed by atoms with Crippen LogP contribution in [0.25, 0.3) is 0 Å². The van der Waals surface area contributed by atoms with Gasteiger partial charge in [-0.25, -0.2) is 4.79 Å². The Balaban J connectivity index is 3.22. The summed E-state index contributed by atoms with van der Waals surface area (Å²) in [6.07, 6.45) is 5.11. The average molecular weight is 142 g/mol. The van der Waals surface area contributed by atoms with Crippen molar-refractivity contribution in [2.24, 2.45) is 0 Å². The molecule has 0 saturated carbocycles. The van der Waals surface area contributed by atoms with Crippen LogP contribution in [0.3, 0.4) is 0 Å². The van der Waals surface area contributed by atoms with Gasteiger partial charge in [-0.2, -0.15) is 0 Å². The molecule has 0 heterocycles. The second-order valence-corrected chi connectivity index (χ2v) is 2.02. The first-order valence-electron chi connectivity index (χ1n) is 3.60. The second kappa shape index (κ2) is 6.33. The molecule has 10 heavy (non-hydrogen) atoms. The maximum Gasteiger partial charge on any atom is 0.330 e. The van der Waals surface area contributed by atoms with E-state index in [9.17, 15) is 4.79 Å². The molecule has 0 rings (SSSR count). The fraction of sp³-hybridized carbons (Fsp3) is 0.625. The van der Waals surface area contributed by atoms with Gasteiger partial charge in [0.2, 0.25) is 0 Å². The highest BCUT2D eigenvalue weighted by molar-refractivity contribution is 5.81. The van der Waals surface area contributed by atoms with E-state index in [1.165, 1.54) is 6.08 Å². The monoisotopic (exact) mass is 142 g/mol. The van der Waals surface area contributed by atoms with Gasteiger partial charge in [0.15, 0.2) is 0 Å². The molecule has 0 amide bonds. The molecule has 2 nitrogen and oxygen atoms in total. The largest absolute Gasteiger partial charge is 0.463 e. The summed E-state index contributed by atoms with van der Waals surface area (Å²) in [6.45, 7) is 4.39. The number of allylic oxidation sites excluding steroid dienone is 1. The van der Waals surface area contributed by atoms with Crippen molar-refractivity contribution in [1.29, 1.82) is 0 Å². The summed E-state index contributed by atoms with van der Waals surface area (Å²) < 4.78 is 4.80. The van der Waals surface area contributed by atoms with Crippen molar-refractivity contribution in [3.05, 3.63) is 12.2 Å². The first-order chi connectivity index (χ1) is 4.81. The number of carbonyl (C=O) groups excluding carboxylic acids is 1. The highest BCUT2D eigenvalue weighted by Crippen LogP contribution is 1.88. The van der Waals surface area contributed by atoms with Crippen LogP contribution in [-0.2, 0) is 9.53 Å². The normalized spacial score (nSPS) is 10.2. The van der Waals surface area contributed by atoms with Gasteiger partial charge in [-0.1, -0.05) is 19.4 Å². The number of ether oxygens (including phenoxy) is 1. The summed E-state index contributed by atoms with van der Waals surface area (Å²) in [6, 6.07) is 0. The molecule has 0 N–H and O–H groups in total. The molecule has 0 unspecified atom stereocenters. The van der Waals surface area contributed by atoms with Crippen LogP contribution in [0, 0.1) is 0 Å². The molecule has 2 heteroatoms. The highest BCUT2D eigenvalue weighted by Gasteiger charge is 1.92. The minimum atomic E-state index is -0.240. The molecular formula is C8H14O2. The molecule has 58 valence electrons. The number of rotatable bonds is 4. The molecular weight excluding hydrogens is 128 g/mol. The van der Waals surface area contributed by atoms with E-state index in [1.807, 2.05) is 0 Å². The Labute approximate surface area is 61.9 Å². The lowest BCUT2D eigenvalue weighted by Crippen LogP contribution is -2.01. The van der Waals surface area contributed by atoms with Gasteiger partial charge in [0.05, 0.1) is 6.61 Å². The van der Waals surface area contributed by atoms with Gasteiger partial charge in [-0.3, -0.25) is 0 Å². The summed E-state index contributed by atoms with van der Waals surface area (Å²) in [5, 5.41) is 0. The first kappa shape index (κ1) is 9.21. The molecule has 0 fully saturated rings. The van der Waals surface area contributed by atoms with E-state index in [-0.39, 0.29) is 5.97 Å². The quantitative estimate of drug-likeness (QED) is 0.340. The maximum atomic E-state index is 10.6. The van der Waals surface area contributed by atoms with Crippen LogP contribution in [0.4, 0.5) is 0 Å². The Kier molecular flexibility index (Phi) is 5.83. The van der Waals surface area contributed by atoms with Crippen LogP contribution in [0.2, 0.25) is 0 Å². The SMILES string of the molecule is C/C=C\C(=O)OCCCC. The molecule has 0 aliphatic carbocycles. The van der Waals surface area contributed by atoms with E-state index in [2.05, 4.69) is 6.92 Å². The maximum absolute atomic E-state index is 10.6. The summed E-state index contributed by atoms with van der Waals surface area (Å²) >= 11 is 0. The van der Waals surface area contributed by atoms with Gasteiger partial charge < -0.3 is 4.74 Å². The lowest BCUT2D eigenvalue weighted by molar-refractivity contribution is -0.137. The molecule has 0 saturated heterocycles. The van der Waals surface area contributed by atoms with Crippen LogP contribution in [0.5, 0.6) is 0 Å². The van der Waals surface area contributed by atoms with Crippen LogP contribution in [0.1, 0.15) is 26.7 Å². The molecule has 0 radical (unpaired) electrons. The molecule has 0 aromatic heterocycles. The molecule has 0 aliphatic rings. The number of hydrogen-bond acceptors (Lipinski definition) is 2. The van der Waals surface area contributed by atoms with Crippen molar-refractivity contribution in [1.82, 2.24) is 0 Å². The minimum absolute atomic E-state index is 0.240. The zero-order valence-corrected chi connectivity index (χ0v) is 6.59. The van der Waals surface area contributed by atoms with E-state index in [4.69, 9.17) is 4.74 Å². The van der Waals surface area contributed by atoms with Gasteiger partial charge in [0.25, 0.3) is 0 Å². The van der Waals surface area contributed by atoms with Gasteiger partial charge in [0.1, 0.15) is 0 Å². The zero-order valence-electron chi connectivity index (χ0n) is 6.59. The van der Waals surface area contributed by atoms with Crippen LogP contribution < -0.4 is 0 Å². The molecule has 0 bridgehead atoms. The Hall–Kier alpha value is -0.790. The van der Waals surface area contributed by atoms with E-state index >= 15 is 0 Å². The van der Waals surface area contributed by atoms with Gasteiger partial charge in [0, 0.05) is 6.08 Å². The van der Waals surface area contributed by atoms with E-state index < -0.39 is 0 Å². The van der Waals surface area contributed by atoms with E-state index in [1.54, 1.807) is 13.0 Å². The van der Waals surface area contributed by atoms with Gasteiger partial charge in [-0.05, 0) is 13.3 Å². The number of esters is 1. The molecule has 0 aromatic rings. The third-order valence-electron chi connectivity index (χ3n) is 1.04.